The highest BCUT2D eigenvalue weighted by molar-refractivity contribution is 6.06. The Morgan fingerprint density at radius 1 is 1.00 bits per heavy atom. The minimum atomic E-state index is -0.524. The Bertz CT molecular complexity index is 1670. The molecule has 1 aliphatic carbocycles. The van der Waals surface area contributed by atoms with Gasteiger partial charge in [-0.25, -0.2) is 4.79 Å². The monoisotopic (exact) mass is 607 g/mol. The second kappa shape index (κ2) is 12.1. The second-order valence-corrected chi connectivity index (χ2v) is 12.6. The van der Waals surface area contributed by atoms with Crippen LogP contribution in [0.3, 0.4) is 0 Å². The summed E-state index contributed by atoms with van der Waals surface area (Å²) in [6.45, 7) is 8.95. The number of ether oxygens (including phenoxy) is 1. The number of Topliss-reactive ketones (excluding diaryl/α,β-unsaturated/α-hetero) is 1. The molecule has 1 unspecified atom stereocenters. The average molecular weight is 608 g/mol. The summed E-state index contributed by atoms with van der Waals surface area (Å²) in [6.07, 6.45) is 3.58. The van der Waals surface area contributed by atoms with Gasteiger partial charge < -0.3 is 24.8 Å². The lowest BCUT2D eigenvalue weighted by molar-refractivity contribution is -0.384. The number of hydrogen-bond acceptors (Lipinski definition) is 8. The van der Waals surface area contributed by atoms with Crippen molar-refractivity contribution in [2.75, 3.05) is 47.8 Å². The summed E-state index contributed by atoms with van der Waals surface area (Å²) >= 11 is 0. The van der Waals surface area contributed by atoms with E-state index in [0.717, 1.165) is 16.8 Å². The van der Waals surface area contributed by atoms with Gasteiger partial charge in [0, 0.05) is 68.4 Å². The Morgan fingerprint density at radius 2 is 1.71 bits per heavy atom. The van der Waals surface area contributed by atoms with Crippen molar-refractivity contribution < 1.29 is 19.2 Å². The molecule has 3 aromatic carbocycles. The molecule has 1 fully saturated rings. The maximum absolute atomic E-state index is 14.1. The fraction of sp³-hybridized carbons (Fsp3) is 0.314. The summed E-state index contributed by atoms with van der Waals surface area (Å²) in [7, 11) is 0. The van der Waals surface area contributed by atoms with Crippen LogP contribution in [0.25, 0.3) is 0 Å². The minimum absolute atomic E-state index is 0.000396. The van der Waals surface area contributed by atoms with Crippen molar-refractivity contribution in [2.24, 2.45) is 0 Å². The van der Waals surface area contributed by atoms with Gasteiger partial charge in [-0.05, 0) is 56.2 Å². The third-order valence-electron chi connectivity index (χ3n) is 8.28. The third-order valence-corrected chi connectivity index (χ3v) is 8.28. The molecule has 0 bridgehead atoms. The zero-order chi connectivity index (χ0) is 31.7. The van der Waals surface area contributed by atoms with Crippen LogP contribution in [-0.2, 0) is 16.1 Å². The van der Waals surface area contributed by atoms with Crippen LogP contribution in [0, 0.1) is 10.1 Å². The Kier molecular flexibility index (Phi) is 8.05. The summed E-state index contributed by atoms with van der Waals surface area (Å²) in [4.78, 5) is 43.8. The molecule has 3 aliphatic rings. The van der Waals surface area contributed by atoms with Gasteiger partial charge in [0.25, 0.3) is 5.69 Å². The highest BCUT2D eigenvalue weighted by atomic mass is 16.6. The van der Waals surface area contributed by atoms with Gasteiger partial charge in [0.15, 0.2) is 5.78 Å². The Labute approximate surface area is 262 Å². The van der Waals surface area contributed by atoms with E-state index in [4.69, 9.17) is 4.74 Å². The number of anilines is 3. The SMILES string of the molecule is CC(C)(C)OC(=O)N1CCN(c2ccc(C3C=CC4=C(CN(Cc5ccccc5)c5cc([N+](=O)[O-])ccc5N4)C3=O)cc2)CC1. The molecule has 2 aliphatic heterocycles. The molecule has 0 saturated carbocycles. The van der Waals surface area contributed by atoms with Crippen molar-refractivity contribution in [1.82, 2.24) is 4.90 Å². The predicted molar refractivity (Wildman–Crippen MR) is 175 cm³/mol. The first-order valence-electron chi connectivity index (χ1n) is 15.2. The van der Waals surface area contributed by atoms with Crippen molar-refractivity contribution in [3.63, 3.8) is 0 Å². The summed E-state index contributed by atoms with van der Waals surface area (Å²) in [5, 5.41) is 15.0. The summed E-state index contributed by atoms with van der Waals surface area (Å²) < 4.78 is 5.52. The van der Waals surface area contributed by atoms with Crippen LogP contribution in [0.4, 0.5) is 27.5 Å². The van der Waals surface area contributed by atoms with Crippen LogP contribution >= 0.6 is 0 Å². The van der Waals surface area contributed by atoms with Gasteiger partial charge in [0.05, 0.1) is 22.2 Å². The van der Waals surface area contributed by atoms with E-state index < -0.39 is 16.4 Å². The zero-order valence-electron chi connectivity index (χ0n) is 25.7. The number of nitrogens with zero attached hydrogens (tertiary/aromatic N) is 4. The number of carbonyl (C=O) groups is 2. The number of piperazine rings is 1. The maximum atomic E-state index is 14.1. The molecule has 6 rings (SSSR count). The first-order chi connectivity index (χ1) is 21.6. The standard InChI is InChI=1S/C35H37N5O5/c1-35(2,3)45-34(42)38-19-17-37(18-20-38)26-11-9-25(10-12-26)28-14-16-30-29(33(28)41)23-39(22-24-7-5-4-6-8-24)32-21-27(40(43)44)13-15-31(32)36-30/h4-16,21,28,36H,17-20,22-23H2,1-3H3. The van der Waals surface area contributed by atoms with E-state index in [-0.39, 0.29) is 17.6 Å². The molecule has 0 spiro atoms. The normalized spacial score (nSPS) is 18.2. The molecular formula is C35H37N5O5. The second-order valence-electron chi connectivity index (χ2n) is 12.6. The largest absolute Gasteiger partial charge is 0.444 e. The number of carbonyl (C=O) groups excluding carboxylic acids is 2. The topological polar surface area (TPSA) is 108 Å². The fourth-order valence-electron chi connectivity index (χ4n) is 5.98. The van der Waals surface area contributed by atoms with Crippen LogP contribution in [0.2, 0.25) is 0 Å². The molecule has 3 aromatic rings. The number of hydrogen-bond donors (Lipinski definition) is 1. The molecule has 2 heterocycles. The molecule has 1 amide bonds. The van der Waals surface area contributed by atoms with Gasteiger partial charge in [-0.1, -0.05) is 48.5 Å². The lowest BCUT2D eigenvalue weighted by atomic mass is 9.85. The molecule has 1 N–H and O–H groups in total. The van der Waals surface area contributed by atoms with E-state index in [1.807, 2.05) is 92.4 Å². The molecule has 10 heteroatoms. The number of amides is 1. The fourth-order valence-corrected chi connectivity index (χ4v) is 5.98. The van der Waals surface area contributed by atoms with Gasteiger partial charge in [-0.3, -0.25) is 14.9 Å². The zero-order valence-corrected chi connectivity index (χ0v) is 25.7. The number of benzene rings is 3. The lowest BCUT2D eigenvalue weighted by Gasteiger charge is -2.36. The molecule has 45 heavy (non-hydrogen) atoms. The number of rotatable bonds is 5. The molecule has 10 nitrogen and oxygen atoms in total. The predicted octanol–water partition coefficient (Wildman–Crippen LogP) is 6.26. The first kappa shape index (κ1) is 29.9. The number of allylic oxidation sites excluding steroid dienone is 2. The van der Waals surface area contributed by atoms with E-state index >= 15 is 0 Å². The molecule has 0 radical (unpaired) electrons. The number of nitro benzene ring substituents is 1. The van der Waals surface area contributed by atoms with Crippen molar-refractivity contribution in [1.29, 1.82) is 0 Å². The van der Waals surface area contributed by atoms with Gasteiger partial charge >= 0.3 is 6.09 Å². The molecule has 232 valence electrons. The van der Waals surface area contributed by atoms with E-state index in [2.05, 4.69) is 10.2 Å². The van der Waals surface area contributed by atoms with Gasteiger partial charge in [-0.2, -0.15) is 0 Å². The van der Waals surface area contributed by atoms with Crippen LogP contribution in [0.5, 0.6) is 0 Å². The van der Waals surface area contributed by atoms with Gasteiger partial charge in [-0.15, -0.1) is 0 Å². The lowest BCUT2D eigenvalue weighted by Crippen LogP contribution is -2.50. The van der Waals surface area contributed by atoms with Crippen LogP contribution in [-0.4, -0.2) is 60.0 Å². The van der Waals surface area contributed by atoms with Crippen molar-refractivity contribution in [2.45, 2.75) is 38.8 Å². The van der Waals surface area contributed by atoms with Crippen LogP contribution < -0.4 is 15.1 Å². The highest BCUT2D eigenvalue weighted by Gasteiger charge is 2.33. The Morgan fingerprint density at radius 3 is 2.38 bits per heavy atom. The van der Waals surface area contributed by atoms with E-state index in [0.29, 0.717) is 61.9 Å². The average Bonchev–Trinajstić information content (AvgIpc) is 3.18. The Balaban J connectivity index is 1.18. The number of non-ortho nitro benzene ring substituents is 1. The van der Waals surface area contributed by atoms with E-state index in [1.54, 1.807) is 17.0 Å². The molecule has 1 saturated heterocycles. The number of nitrogens with one attached hydrogen (secondary N) is 1. The van der Waals surface area contributed by atoms with E-state index in [9.17, 15) is 19.7 Å². The third kappa shape index (κ3) is 6.55. The quantitative estimate of drug-likeness (QED) is 0.268. The van der Waals surface area contributed by atoms with Gasteiger partial charge in [0.2, 0.25) is 0 Å². The molecular weight excluding hydrogens is 570 g/mol. The van der Waals surface area contributed by atoms with Gasteiger partial charge in [0.1, 0.15) is 5.60 Å². The van der Waals surface area contributed by atoms with Crippen molar-refractivity contribution in [3.8, 4) is 0 Å². The number of nitro groups is 1. The van der Waals surface area contributed by atoms with Crippen molar-refractivity contribution >= 4 is 34.6 Å². The van der Waals surface area contributed by atoms with Crippen LogP contribution in [0.1, 0.15) is 37.8 Å². The summed E-state index contributed by atoms with van der Waals surface area (Å²) in [6, 6.07) is 22.7. The summed E-state index contributed by atoms with van der Waals surface area (Å²) in [5.41, 5.74) is 5.19. The van der Waals surface area contributed by atoms with Crippen LogP contribution in [0.15, 0.2) is 96.2 Å². The molecule has 0 aromatic heterocycles. The smallest absolute Gasteiger partial charge is 0.410 e. The highest BCUT2D eigenvalue weighted by Crippen LogP contribution is 2.39. The number of ketones is 1. The minimum Gasteiger partial charge on any atom is -0.444 e. The molecule has 1 atom stereocenters. The van der Waals surface area contributed by atoms with Crippen molar-refractivity contribution in [3.05, 3.63) is 117 Å². The Hall–Kier alpha value is -5.12. The van der Waals surface area contributed by atoms with E-state index in [1.165, 1.54) is 6.07 Å². The first-order valence-corrected chi connectivity index (χ1v) is 15.2. The summed E-state index contributed by atoms with van der Waals surface area (Å²) in [5.74, 6) is -0.447. The number of fused-ring (bicyclic) bond motifs is 1. The maximum Gasteiger partial charge on any atom is 0.410 e.